The van der Waals surface area contributed by atoms with Crippen molar-refractivity contribution < 1.29 is 9.90 Å². The van der Waals surface area contributed by atoms with Crippen molar-refractivity contribution in [3.05, 3.63) is 23.3 Å². The molecule has 0 radical (unpaired) electrons. The van der Waals surface area contributed by atoms with E-state index in [2.05, 4.69) is 40.7 Å². The predicted molar refractivity (Wildman–Crippen MR) is 95.8 cm³/mol. The number of hydrogen-bond donors (Lipinski definition) is 1. The van der Waals surface area contributed by atoms with E-state index < -0.39 is 0 Å². The molecule has 0 aliphatic heterocycles. The molecule has 1 N–H and O–H groups in total. The van der Waals surface area contributed by atoms with Gasteiger partial charge >= 0.3 is 0 Å². The summed E-state index contributed by atoms with van der Waals surface area (Å²) in [6.45, 7) is 12.8. The Kier molecular flexibility index (Phi) is 11.2. The number of allylic oxidation sites excluding steroid dienone is 4. The summed E-state index contributed by atoms with van der Waals surface area (Å²) < 4.78 is 0. The zero-order valence-corrected chi connectivity index (χ0v) is 15.4. The number of carbonyl (C=O) groups is 1. The summed E-state index contributed by atoms with van der Waals surface area (Å²) in [7, 11) is 0. The van der Waals surface area contributed by atoms with E-state index in [1.54, 1.807) is 6.08 Å². The van der Waals surface area contributed by atoms with Gasteiger partial charge in [0.1, 0.15) is 6.29 Å². The maximum absolute atomic E-state index is 10.0. The largest absolute Gasteiger partial charge is 0.393 e. The molecule has 0 saturated heterocycles. The fourth-order valence-corrected chi connectivity index (χ4v) is 2.94. The minimum absolute atomic E-state index is 0.0289. The molecule has 0 amide bonds. The van der Waals surface area contributed by atoms with Gasteiger partial charge < -0.3 is 5.11 Å². The molecule has 0 bridgehead atoms. The van der Waals surface area contributed by atoms with Crippen LogP contribution in [0.5, 0.6) is 0 Å². The van der Waals surface area contributed by atoms with Crippen LogP contribution in [0.25, 0.3) is 0 Å². The van der Waals surface area contributed by atoms with E-state index in [9.17, 15) is 9.90 Å². The van der Waals surface area contributed by atoms with Gasteiger partial charge in [0.25, 0.3) is 0 Å². The van der Waals surface area contributed by atoms with Crippen molar-refractivity contribution >= 4 is 6.29 Å². The smallest absolute Gasteiger partial charge is 0.142 e. The first-order valence-corrected chi connectivity index (χ1v) is 8.70. The van der Waals surface area contributed by atoms with Gasteiger partial charge in [0.05, 0.1) is 6.10 Å². The Morgan fingerprint density at radius 3 is 2.32 bits per heavy atom. The highest BCUT2D eigenvalue weighted by atomic mass is 16.3. The number of carbonyl (C=O) groups excluding carboxylic acids is 1. The van der Waals surface area contributed by atoms with Crippen molar-refractivity contribution in [2.24, 2.45) is 17.8 Å². The SMILES string of the molecule is CC(C)=CCC/C(C)=C/C=O.CC1CCC(C(C)C)C(O)C1. The standard InChI is InChI=1S/C10H20O.C10H16O/c1-7(2)9-5-4-8(3)6-10(9)11;1-9(2)5-4-6-10(3)7-8-11/h7-11H,4-6H2,1-3H3;5,7-8H,4,6H2,1-3H3/b;10-7+. The summed E-state index contributed by atoms with van der Waals surface area (Å²) in [6, 6.07) is 0. The van der Waals surface area contributed by atoms with Gasteiger partial charge in [0, 0.05) is 0 Å². The van der Waals surface area contributed by atoms with Crippen LogP contribution in [0.3, 0.4) is 0 Å². The zero-order valence-electron chi connectivity index (χ0n) is 15.4. The molecule has 1 aliphatic rings. The van der Waals surface area contributed by atoms with Gasteiger partial charge in [-0.05, 0) is 70.3 Å². The monoisotopic (exact) mass is 308 g/mol. The second-order valence-corrected chi connectivity index (χ2v) is 7.36. The molecule has 0 aromatic carbocycles. The first-order valence-electron chi connectivity index (χ1n) is 8.70. The molecule has 0 heterocycles. The molecule has 1 rings (SSSR count). The third-order valence-corrected chi connectivity index (χ3v) is 4.43. The highest BCUT2D eigenvalue weighted by Gasteiger charge is 2.28. The summed E-state index contributed by atoms with van der Waals surface area (Å²) in [6.07, 6.45) is 10.2. The Balaban J connectivity index is 0.000000401. The Morgan fingerprint density at radius 2 is 1.86 bits per heavy atom. The minimum atomic E-state index is -0.0289. The van der Waals surface area contributed by atoms with Crippen LogP contribution in [-0.2, 0) is 4.79 Å². The lowest BCUT2D eigenvalue weighted by atomic mass is 9.75. The van der Waals surface area contributed by atoms with Crippen molar-refractivity contribution in [3.63, 3.8) is 0 Å². The Bertz CT molecular complexity index is 362. The fourth-order valence-electron chi connectivity index (χ4n) is 2.94. The number of aliphatic hydroxyl groups is 1. The molecule has 0 aromatic rings. The minimum Gasteiger partial charge on any atom is -0.393 e. The van der Waals surface area contributed by atoms with Crippen LogP contribution in [0.2, 0.25) is 0 Å². The molecular weight excluding hydrogens is 272 g/mol. The van der Waals surface area contributed by atoms with Crippen molar-refractivity contribution in [3.8, 4) is 0 Å². The van der Waals surface area contributed by atoms with E-state index in [4.69, 9.17) is 0 Å². The first kappa shape index (κ1) is 21.1. The van der Waals surface area contributed by atoms with Crippen LogP contribution in [0.1, 0.15) is 73.6 Å². The van der Waals surface area contributed by atoms with Gasteiger partial charge in [-0.1, -0.05) is 44.4 Å². The highest BCUT2D eigenvalue weighted by Crippen LogP contribution is 2.33. The molecule has 3 unspecified atom stereocenters. The first-order chi connectivity index (χ1) is 10.3. The van der Waals surface area contributed by atoms with E-state index in [0.29, 0.717) is 11.8 Å². The van der Waals surface area contributed by atoms with Gasteiger partial charge in [0.2, 0.25) is 0 Å². The summed E-state index contributed by atoms with van der Waals surface area (Å²) in [5, 5.41) is 9.71. The third kappa shape index (κ3) is 9.94. The lowest BCUT2D eigenvalue weighted by molar-refractivity contribution is -0.104. The molecule has 1 saturated carbocycles. The van der Waals surface area contributed by atoms with E-state index in [0.717, 1.165) is 37.0 Å². The molecule has 0 aromatic heterocycles. The van der Waals surface area contributed by atoms with E-state index >= 15 is 0 Å². The molecule has 1 aliphatic carbocycles. The molecule has 0 spiro atoms. The van der Waals surface area contributed by atoms with Gasteiger partial charge in [-0.3, -0.25) is 4.79 Å². The quantitative estimate of drug-likeness (QED) is 0.424. The Labute approximate surface area is 137 Å². The average Bonchev–Trinajstić information content (AvgIpc) is 2.38. The molecule has 3 atom stereocenters. The maximum Gasteiger partial charge on any atom is 0.142 e. The molecular formula is C20H36O2. The summed E-state index contributed by atoms with van der Waals surface area (Å²) in [5.41, 5.74) is 2.49. The van der Waals surface area contributed by atoms with Crippen LogP contribution in [0.4, 0.5) is 0 Å². The van der Waals surface area contributed by atoms with E-state index in [1.807, 2.05) is 6.92 Å². The van der Waals surface area contributed by atoms with Crippen molar-refractivity contribution in [1.29, 1.82) is 0 Å². The number of hydrogen-bond acceptors (Lipinski definition) is 2. The summed E-state index contributed by atoms with van der Waals surface area (Å²) >= 11 is 0. The number of aldehydes is 1. The van der Waals surface area contributed by atoms with Crippen molar-refractivity contribution in [1.82, 2.24) is 0 Å². The van der Waals surface area contributed by atoms with Crippen molar-refractivity contribution in [2.75, 3.05) is 0 Å². The third-order valence-electron chi connectivity index (χ3n) is 4.43. The molecule has 2 nitrogen and oxygen atoms in total. The topological polar surface area (TPSA) is 37.3 Å². The highest BCUT2D eigenvalue weighted by molar-refractivity contribution is 5.65. The number of rotatable bonds is 5. The normalized spacial score (nSPS) is 25.3. The lowest BCUT2D eigenvalue weighted by Crippen LogP contribution is -2.31. The average molecular weight is 309 g/mol. The van der Waals surface area contributed by atoms with E-state index in [-0.39, 0.29) is 6.10 Å². The molecule has 128 valence electrons. The van der Waals surface area contributed by atoms with Crippen LogP contribution in [0, 0.1) is 17.8 Å². The fraction of sp³-hybridized carbons (Fsp3) is 0.750. The van der Waals surface area contributed by atoms with Gasteiger partial charge in [-0.2, -0.15) is 0 Å². The lowest BCUT2D eigenvalue weighted by Gasteiger charge is -2.33. The maximum atomic E-state index is 10.0. The predicted octanol–water partition coefficient (Wildman–Crippen LogP) is 5.32. The van der Waals surface area contributed by atoms with E-state index in [1.165, 1.54) is 18.4 Å². The molecule has 22 heavy (non-hydrogen) atoms. The Hall–Kier alpha value is -0.890. The Morgan fingerprint density at radius 1 is 1.23 bits per heavy atom. The van der Waals surface area contributed by atoms with Gasteiger partial charge in [-0.25, -0.2) is 0 Å². The second-order valence-electron chi connectivity index (χ2n) is 7.36. The molecule has 1 fully saturated rings. The van der Waals surface area contributed by atoms with Crippen LogP contribution < -0.4 is 0 Å². The van der Waals surface area contributed by atoms with Crippen molar-refractivity contribution in [2.45, 2.75) is 79.8 Å². The van der Waals surface area contributed by atoms with Crippen LogP contribution in [-0.4, -0.2) is 17.5 Å². The van der Waals surface area contributed by atoms with Crippen LogP contribution >= 0.6 is 0 Å². The van der Waals surface area contributed by atoms with Gasteiger partial charge in [-0.15, -0.1) is 0 Å². The summed E-state index contributed by atoms with van der Waals surface area (Å²) in [4.78, 5) is 10.0. The van der Waals surface area contributed by atoms with Gasteiger partial charge in [0.15, 0.2) is 0 Å². The molecule has 2 heteroatoms. The van der Waals surface area contributed by atoms with Crippen LogP contribution in [0.15, 0.2) is 23.3 Å². The number of aliphatic hydroxyl groups excluding tert-OH is 1. The second kappa shape index (κ2) is 11.6. The summed E-state index contributed by atoms with van der Waals surface area (Å²) in [5.74, 6) is 1.95. The zero-order chi connectivity index (χ0) is 17.1.